The van der Waals surface area contributed by atoms with E-state index in [9.17, 15) is 0 Å². The number of aromatic nitrogens is 3. The van der Waals surface area contributed by atoms with Gasteiger partial charge in [0.2, 0.25) is 0 Å². The quantitative estimate of drug-likeness (QED) is 0.933. The van der Waals surface area contributed by atoms with E-state index in [2.05, 4.69) is 31.4 Å². The number of hydrogen-bond acceptors (Lipinski definition) is 6. The smallest absolute Gasteiger partial charge is 0.133 e. The Morgan fingerprint density at radius 1 is 1.18 bits per heavy atom. The van der Waals surface area contributed by atoms with Gasteiger partial charge in [0.15, 0.2) is 0 Å². The molecule has 0 saturated carbocycles. The molecule has 0 amide bonds. The van der Waals surface area contributed by atoms with Crippen LogP contribution in [0.25, 0.3) is 0 Å². The molecular formula is C16H23N5O. The van der Waals surface area contributed by atoms with Crippen LogP contribution in [0.1, 0.15) is 35.8 Å². The van der Waals surface area contributed by atoms with Crippen LogP contribution in [0.2, 0.25) is 0 Å². The Morgan fingerprint density at radius 2 is 1.95 bits per heavy atom. The van der Waals surface area contributed by atoms with Crippen molar-refractivity contribution in [1.82, 2.24) is 20.4 Å². The first kappa shape index (κ1) is 15.0. The van der Waals surface area contributed by atoms with Gasteiger partial charge in [-0.1, -0.05) is 5.16 Å². The van der Waals surface area contributed by atoms with E-state index in [0.29, 0.717) is 6.04 Å². The minimum atomic E-state index is 0.525. The SMILES string of the molecule is Cc1cc(N2CCC(NCc3cc(C)on3)CC2)nc(C)n1. The van der Waals surface area contributed by atoms with E-state index in [1.54, 1.807) is 0 Å². The molecule has 1 aliphatic rings. The molecule has 3 rings (SSSR count). The van der Waals surface area contributed by atoms with E-state index in [4.69, 9.17) is 4.52 Å². The van der Waals surface area contributed by atoms with E-state index in [1.807, 2.05) is 26.8 Å². The van der Waals surface area contributed by atoms with Crippen molar-refractivity contribution in [1.29, 1.82) is 0 Å². The minimum Gasteiger partial charge on any atom is -0.361 e. The first-order chi connectivity index (χ1) is 10.6. The lowest BCUT2D eigenvalue weighted by atomic mass is 10.0. The monoisotopic (exact) mass is 301 g/mol. The summed E-state index contributed by atoms with van der Waals surface area (Å²) >= 11 is 0. The maximum absolute atomic E-state index is 5.09. The van der Waals surface area contributed by atoms with Crippen molar-refractivity contribution in [3.8, 4) is 0 Å². The summed E-state index contributed by atoms with van der Waals surface area (Å²) in [4.78, 5) is 11.2. The summed E-state index contributed by atoms with van der Waals surface area (Å²) in [5, 5.41) is 7.58. The van der Waals surface area contributed by atoms with Gasteiger partial charge in [0, 0.05) is 43.5 Å². The molecule has 6 nitrogen and oxygen atoms in total. The molecule has 1 fully saturated rings. The second kappa shape index (κ2) is 6.44. The average Bonchev–Trinajstić information content (AvgIpc) is 2.90. The van der Waals surface area contributed by atoms with Crippen molar-refractivity contribution in [3.05, 3.63) is 35.1 Å². The number of aryl methyl sites for hydroxylation is 3. The highest BCUT2D eigenvalue weighted by atomic mass is 16.5. The van der Waals surface area contributed by atoms with Crippen LogP contribution in [0.4, 0.5) is 5.82 Å². The molecule has 118 valence electrons. The van der Waals surface area contributed by atoms with Crippen LogP contribution >= 0.6 is 0 Å². The van der Waals surface area contributed by atoms with Gasteiger partial charge in [-0.15, -0.1) is 0 Å². The van der Waals surface area contributed by atoms with E-state index < -0.39 is 0 Å². The summed E-state index contributed by atoms with van der Waals surface area (Å²) in [5.74, 6) is 2.76. The number of nitrogens with one attached hydrogen (secondary N) is 1. The van der Waals surface area contributed by atoms with Crippen LogP contribution in [0.5, 0.6) is 0 Å². The Bertz CT molecular complexity index is 611. The third-order valence-electron chi connectivity index (χ3n) is 4.02. The van der Waals surface area contributed by atoms with Crippen LogP contribution in [0, 0.1) is 20.8 Å². The molecule has 0 radical (unpaired) electrons. The number of anilines is 1. The molecule has 0 spiro atoms. The maximum atomic E-state index is 5.09. The van der Waals surface area contributed by atoms with Gasteiger partial charge in [0.1, 0.15) is 17.4 Å². The Balaban J connectivity index is 1.51. The predicted molar refractivity (Wildman–Crippen MR) is 84.8 cm³/mol. The Hall–Kier alpha value is -1.95. The lowest BCUT2D eigenvalue weighted by Crippen LogP contribution is -2.42. The molecule has 0 aliphatic carbocycles. The van der Waals surface area contributed by atoms with Gasteiger partial charge in [-0.25, -0.2) is 9.97 Å². The van der Waals surface area contributed by atoms with E-state index in [-0.39, 0.29) is 0 Å². The highest BCUT2D eigenvalue weighted by Gasteiger charge is 2.20. The fraction of sp³-hybridized carbons (Fsp3) is 0.562. The standard InChI is InChI=1S/C16H23N5O/c1-11-8-16(19-13(3)18-11)21-6-4-14(5-7-21)17-10-15-9-12(2)22-20-15/h8-9,14,17H,4-7,10H2,1-3H3. The Labute approximate surface area is 130 Å². The number of hydrogen-bond donors (Lipinski definition) is 1. The normalized spacial score (nSPS) is 16.2. The van der Waals surface area contributed by atoms with Crippen molar-refractivity contribution in [2.45, 2.75) is 46.2 Å². The third-order valence-corrected chi connectivity index (χ3v) is 4.02. The highest BCUT2D eigenvalue weighted by molar-refractivity contribution is 5.40. The topological polar surface area (TPSA) is 67.1 Å². The molecule has 22 heavy (non-hydrogen) atoms. The molecule has 6 heteroatoms. The van der Waals surface area contributed by atoms with Crippen molar-refractivity contribution < 1.29 is 4.52 Å². The fourth-order valence-electron chi connectivity index (χ4n) is 2.92. The summed E-state index contributed by atoms with van der Waals surface area (Å²) in [7, 11) is 0. The van der Waals surface area contributed by atoms with Gasteiger partial charge in [0.05, 0.1) is 5.69 Å². The van der Waals surface area contributed by atoms with Crippen LogP contribution in [-0.2, 0) is 6.54 Å². The van der Waals surface area contributed by atoms with E-state index in [1.165, 1.54) is 0 Å². The molecule has 0 bridgehead atoms. The van der Waals surface area contributed by atoms with Gasteiger partial charge in [0.25, 0.3) is 0 Å². The van der Waals surface area contributed by atoms with Crippen molar-refractivity contribution in [3.63, 3.8) is 0 Å². The molecule has 1 N–H and O–H groups in total. The lowest BCUT2D eigenvalue weighted by molar-refractivity contribution is 0.375. The summed E-state index contributed by atoms with van der Waals surface area (Å²) in [5.41, 5.74) is 2.01. The molecule has 1 saturated heterocycles. The largest absolute Gasteiger partial charge is 0.361 e. The summed E-state index contributed by atoms with van der Waals surface area (Å²) < 4.78 is 5.09. The average molecular weight is 301 g/mol. The molecule has 2 aromatic rings. The third kappa shape index (κ3) is 3.62. The van der Waals surface area contributed by atoms with Gasteiger partial charge in [-0.05, 0) is 33.6 Å². The summed E-state index contributed by atoms with van der Waals surface area (Å²) in [6, 6.07) is 4.57. The highest BCUT2D eigenvalue weighted by Crippen LogP contribution is 2.19. The van der Waals surface area contributed by atoms with Gasteiger partial charge in [-0.3, -0.25) is 0 Å². The van der Waals surface area contributed by atoms with Crippen LogP contribution in [0.3, 0.4) is 0 Å². The number of piperidine rings is 1. The zero-order chi connectivity index (χ0) is 15.5. The molecule has 0 atom stereocenters. The Kier molecular flexibility index (Phi) is 4.38. The summed E-state index contributed by atoms with van der Waals surface area (Å²) in [6.07, 6.45) is 2.22. The Morgan fingerprint density at radius 3 is 2.59 bits per heavy atom. The lowest BCUT2D eigenvalue weighted by Gasteiger charge is -2.33. The van der Waals surface area contributed by atoms with Crippen LogP contribution in [-0.4, -0.2) is 34.3 Å². The van der Waals surface area contributed by atoms with Crippen molar-refractivity contribution in [2.75, 3.05) is 18.0 Å². The van der Waals surface area contributed by atoms with Crippen LogP contribution in [0.15, 0.2) is 16.7 Å². The van der Waals surface area contributed by atoms with Crippen molar-refractivity contribution in [2.24, 2.45) is 0 Å². The number of nitrogens with zero attached hydrogens (tertiary/aromatic N) is 4. The van der Waals surface area contributed by atoms with Crippen molar-refractivity contribution >= 4 is 5.82 Å². The fourth-order valence-corrected chi connectivity index (χ4v) is 2.92. The molecule has 0 aromatic carbocycles. The van der Waals surface area contributed by atoms with E-state index >= 15 is 0 Å². The zero-order valence-corrected chi connectivity index (χ0v) is 13.5. The molecule has 0 unspecified atom stereocenters. The van der Waals surface area contributed by atoms with E-state index in [0.717, 1.165) is 61.3 Å². The zero-order valence-electron chi connectivity index (χ0n) is 13.5. The molecule has 3 heterocycles. The second-order valence-corrected chi connectivity index (χ2v) is 5.99. The summed E-state index contributed by atoms with van der Waals surface area (Å²) in [6.45, 7) is 8.70. The predicted octanol–water partition coefficient (Wildman–Crippen LogP) is 2.15. The molecule has 2 aromatic heterocycles. The first-order valence-electron chi connectivity index (χ1n) is 7.83. The van der Waals surface area contributed by atoms with Gasteiger partial charge < -0.3 is 14.7 Å². The van der Waals surface area contributed by atoms with Gasteiger partial charge >= 0.3 is 0 Å². The second-order valence-electron chi connectivity index (χ2n) is 5.99. The number of rotatable bonds is 4. The van der Waals surface area contributed by atoms with Crippen LogP contribution < -0.4 is 10.2 Å². The molecule has 1 aliphatic heterocycles. The van der Waals surface area contributed by atoms with Gasteiger partial charge in [-0.2, -0.15) is 0 Å². The maximum Gasteiger partial charge on any atom is 0.133 e. The minimum absolute atomic E-state index is 0.525. The molecular weight excluding hydrogens is 278 g/mol. The first-order valence-corrected chi connectivity index (χ1v) is 7.83.